The molecule has 0 aliphatic heterocycles. The smallest absolute Gasteiger partial charge is 0.0431 e. The first-order valence-corrected chi connectivity index (χ1v) is 11.9. The molecule has 0 amide bonds. The molecule has 0 atom stereocenters. The molecule has 0 bridgehead atoms. The highest BCUT2D eigenvalue weighted by atomic mass is 16.2. The number of hydrogen-bond donors (Lipinski definition) is 1. The van der Waals surface area contributed by atoms with Gasteiger partial charge in [0.15, 0.2) is 0 Å². The van der Waals surface area contributed by atoms with Crippen LogP contribution in [0.5, 0.6) is 0 Å². The number of hydrogen-bond acceptors (Lipinski definition) is 1. The fourth-order valence-electron chi connectivity index (χ4n) is 4.13. The number of aryl methyl sites for hydroxylation is 3. The van der Waals surface area contributed by atoms with Crippen LogP contribution in [0.15, 0.2) is 18.2 Å². The quantitative estimate of drug-likeness (QED) is 0.257. The molecule has 0 aliphatic carbocycles. The van der Waals surface area contributed by atoms with E-state index in [9.17, 15) is 0 Å². The first kappa shape index (κ1) is 24.2. The maximum absolute atomic E-state index is 8.74. The first-order chi connectivity index (χ1) is 13.2. The van der Waals surface area contributed by atoms with E-state index in [0.29, 0.717) is 6.61 Å². The van der Waals surface area contributed by atoms with Crippen LogP contribution in [0.3, 0.4) is 0 Å². The topological polar surface area (TPSA) is 20.2 Å². The van der Waals surface area contributed by atoms with Crippen molar-refractivity contribution in [2.75, 3.05) is 6.61 Å². The van der Waals surface area contributed by atoms with Gasteiger partial charge in [0.2, 0.25) is 0 Å². The van der Waals surface area contributed by atoms with Crippen LogP contribution in [-0.4, -0.2) is 11.7 Å². The van der Waals surface area contributed by atoms with Crippen LogP contribution < -0.4 is 0 Å². The zero-order valence-corrected chi connectivity index (χ0v) is 18.4. The number of unbranched alkanes of at least 4 members (excludes halogenated alkanes) is 15. The third kappa shape index (κ3) is 14.9. The van der Waals surface area contributed by atoms with Crippen molar-refractivity contribution in [3.05, 3.63) is 34.9 Å². The predicted octanol–water partition coefficient (Wildman–Crippen LogP) is 8.08. The van der Waals surface area contributed by atoms with E-state index in [-0.39, 0.29) is 0 Å². The molecule has 0 fully saturated rings. The van der Waals surface area contributed by atoms with Gasteiger partial charge in [0.25, 0.3) is 0 Å². The van der Waals surface area contributed by atoms with Gasteiger partial charge < -0.3 is 5.11 Å². The molecule has 1 nitrogen and oxygen atoms in total. The zero-order valence-electron chi connectivity index (χ0n) is 18.4. The molecule has 0 unspecified atom stereocenters. The van der Waals surface area contributed by atoms with Gasteiger partial charge in [0.1, 0.15) is 0 Å². The normalized spacial score (nSPS) is 11.2. The molecule has 0 saturated carbocycles. The van der Waals surface area contributed by atoms with E-state index >= 15 is 0 Å². The van der Waals surface area contributed by atoms with E-state index in [1.165, 1.54) is 119 Å². The van der Waals surface area contributed by atoms with E-state index < -0.39 is 0 Å². The summed E-state index contributed by atoms with van der Waals surface area (Å²) in [5.74, 6) is 0. The van der Waals surface area contributed by atoms with E-state index in [2.05, 4.69) is 32.0 Å². The fourth-order valence-corrected chi connectivity index (χ4v) is 4.13. The maximum atomic E-state index is 8.74. The Hall–Kier alpha value is -0.820. The Morgan fingerprint density at radius 3 is 1.19 bits per heavy atom. The van der Waals surface area contributed by atoms with Gasteiger partial charge in [-0.3, -0.25) is 0 Å². The summed E-state index contributed by atoms with van der Waals surface area (Å²) in [6, 6.07) is 6.97. The summed E-state index contributed by atoms with van der Waals surface area (Å²) in [5, 5.41) is 8.74. The molecule has 27 heavy (non-hydrogen) atoms. The highest BCUT2D eigenvalue weighted by Gasteiger charge is 1.98. The fraction of sp³-hybridized carbons (Fsp3) is 0.769. The van der Waals surface area contributed by atoms with Crippen LogP contribution in [-0.2, 0) is 6.42 Å². The lowest BCUT2D eigenvalue weighted by molar-refractivity contribution is 0.282. The molecule has 1 aromatic rings. The zero-order chi connectivity index (χ0) is 19.6. The Morgan fingerprint density at radius 1 is 0.481 bits per heavy atom. The van der Waals surface area contributed by atoms with Crippen LogP contribution in [0.25, 0.3) is 0 Å². The molecule has 0 aliphatic rings. The summed E-state index contributed by atoms with van der Waals surface area (Å²) in [7, 11) is 0. The summed E-state index contributed by atoms with van der Waals surface area (Å²) < 4.78 is 0. The SMILES string of the molecule is Cc1cc(C)cc(CCCCCCCCCCCCCCCCCCO)c1. The molecule has 1 heteroatoms. The van der Waals surface area contributed by atoms with Crippen molar-refractivity contribution in [1.29, 1.82) is 0 Å². The van der Waals surface area contributed by atoms with E-state index in [1.807, 2.05) is 0 Å². The van der Waals surface area contributed by atoms with E-state index in [0.717, 1.165) is 6.42 Å². The minimum atomic E-state index is 0.368. The molecule has 1 N–H and O–H groups in total. The third-order valence-corrected chi connectivity index (χ3v) is 5.66. The van der Waals surface area contributed by atoms with Gasteiger partial charge in [-0.05, 0) is 38.7 Å². The van der Waals surface area contributed by atoms with Crippen LogP contribution in [0.2, 0.25) is 0 Å². The van der Waals surface area contributed by atoms with Crippen molar-refractivity contribution in [2.45, 2.75) is 123 Å². The average molecular weight is 375 g/mol. The summed E-state index contributed by atoms with van der Waals surface area (Å²) in [6.07, 6.45) is 23.2. The number of benzene rings is 1. The Morgan fingerprint density at radius 2 is 0.815 bits per heavy atom. The second-order valence-electron chi connectivity index (χ2n) is 8.63. The van der Waals surface area contributed by atoms with Crippen molar-refractivity contribution in [1.82, 2.24) is 0 Å². The van der Waals surface area contributed by atoms with Crippen molar-refractivity contribution >= 4 is 0 Å². The summed E-state index contributed by atoms with van der Waals surface area (Å²) in [5.41, 5.74) is 4.34. The van der Waals surface area contributed by atoms with Crippen molar-refractivity contribution in [3.8, 4) is 0 Å². The van der Waals surface area contributed by atoms with Gasteiger partial charge in [-0.2, -0.15) is 0 Å². The molecule has 156 valence electrons. The monoisotopic (exact) mass is 374 g/mol. The standard InChI is InChI=1S/C26H46O/c1-24-21-25(2)23-26(22-24)19-17-15-13-11-9-7-5-3-4-6-8-10-12-14-16-18-20-27/h21-23,27H,3-20H2,1-2H3. The van der Waals surface area contributed by atoms with Gasteiger partial charge in [0, 0.05) is 6.61 Å². The average Bonchev–Trinajstić information content (AvgIpc) is 2.63. The lowest BCUT2D eigenvalue weighted by Crippen LogP contribution is -1.89. The molecule has 1 aromatic carbocycles. The number of aliphatic hydroxyl groups excluding tert-OH is 1. The molecule has 0 aromatic heterocycles. The molecule has 0 saturated heterocycles. The van der Waals surface area contributed by atoms with Crippen molar-refractivity contribution < 1.29 is 5.11 Å². The van der Waals surface area contributed by atoms with Crippen LogP contribution in [0.4, 0.5) is 0 Å². The Labute approximate surface area is 170 Å². The lowest BCUT2D eigenvalue weighted by atomic mass is 10.0. The van der Waals surface area contributed by atoms with Gasteiger partial charge in [-0.25, -0.2) is 0 Å². The summed E-state index contributed by atoms with van der Waals surface area (Å²) in [6.45, 7) is 4.78. The molecule has 1 rings (SSSR count). The Bertz CT molecular complexity index is 431. The Balaban J connectivity index is 1.78. The van der Waals surface area contributed by atoms with Crippen molar-refractivity contribution in [2.24, 2.45) is 0 Å². The van der Waals surface area contributed by atoms with Crippen LogP contribution in [0.1, 0.15) is 119 Å². The molecule has 0 radical (unpaired) electrons. The highest BCUT2D eigenvalue weighted by molar-refractivity contribution is 5.28. The Kier molecular flexibility index (Phi) is 15.5. The molecule has 0 heterocycles. The predicted molar refractivity (Wildman–Crippen MR) is 121 cm³/mol. The highest BCUT2D eigenvalue weighted by Crippen LogP contribution is 2.15. The second kappa shape index (κ2) is 17.3. The van der Waals surface area contributed by atoms with Gasteiger partial charge in [0.05, 0.1) is 0 Å². The van der Waals surface area contributed by atoms with E-state index in [1.54, 1.807) is 0 Å². The number of aliphatic hydroxyl groups is 1. The van der Waals surface area contributed by atoms with Gasteiger partial charge >= 0.3 is 0 Å². The van der Waals surface area contributed by atoms with Gasteiger partial charge in [-0.1, -0.05) is 119 Å². The largest absolute Gasteiger partial charge is 0.396 e. The van der Waals surface area contributed by atoms with Crippen LogP contribution >= 0.6 is 0 Å². The lowest BCUT2D eigenvalue weighted by Gasteiger charge is -2.06. The van der Waals surface area contributed by atoms with Crippen molar-refractivity contribution in [3.63, 3.8) is 0 Å². The molecular weight excluding hydrogens is 328 g/mol. The minimum absolute atomic E-state index is 0.368. The summed E-state index contributed by atoms with van der Waals surface area (Å²) in [4.78, 5) is 0. The molecule has 0 spiro atoms. The van der Waals surface area contributed by atoms with E-state index in [4.69, 9.17) is 5.11 Å². The second-order valence-corrected chi connectivity index (χ2v) is 8.63. The third-order valence-electron chi connectivity index (χ3n) is 5.66. The minimum Gasteiger partial charge on any atom is -0.396 e. The molecular formula is C26H46O. The summed E-state index contributed by atoms with van der Waals surface area (Å²) >= 11 is 0. The van der Waals surface area contributed by atoms with Crippen LogP contribution in [0, 0.1) is 13.8 Å². The maximum Gasteiger partial charge on any atom is 0.0431 e. The first-order valence-electron chi connectivity index (χ1n) is 11.9. The van der Waals surface area contributed by atoms with Gasteiger partial charge in [-0.15, -0.1) is 0 Å². The number of rotatable bonds is 18.